The summed E-state index contributed by atoms with van der Waals surface area (Å²) in [6.45, 7) is -0.244. The van der Waals surface area contributed by atoms with Crippen molar-refractivity contribution in [1.82, 2.24) is 9.97 Å². The van der Waals surface area contributed by atoms with Crippen molar-refractivity contribution in [2.75, 3.05) is 0 Å². The Kier molecular flexibility index (Phi) is 3.59. The van der Waals surface area contributed by atoms with Gasteiger partial charge in [-0.1, -0.05) is 0 Å². The third-order valence-corrected chi connectivity index (χ3v) is 2.18. The molecule has 106 valence electrons. The van der Waals surface area contributed by atoms with Gasteiger partial charge in [-0.3, -0.25) is 0 Å². The standard InChI is InChI=1S/C11H7F3N2O4/c12-11(13,14)6-1-2-8(15-3-6)20-5-9-16-7(4-19-9)10(17)18/h1-4H,5H2,(H,17,18). The van der Waals surface area contributed by atoms with Crippen LogP contribution in [0.1, 0.15) is 21.9 Å². The number of oxazole rings is 1. The normalized spacial score (nSPS) is 11.3. The Hall–Kier alpha value is -2.58. The molecule has 1 N–H and O–H groups in total. The van der Waals surface area contributed by atoms with Gasteiger partial charge in [-0.15, -0.1) is 0 Å². The fourth-order valence-electron chi connectivity index (χ4n) is 1.24. The van der Waals surface area contributed by atoms with Gasteiger partial charge in [0.25, 0.3) is 0 Å². The van der Waals surface area contributed by atoms with E-state index >= 15 is 0 Å². The highest BCUT2D eigenvalue weighted by atomic mass is 19.4. The Morgan fingerprint density at radius 1 is 1.40 bits per heavy atom. The lowest BCUT2D eigenvalue weighted by molar-refractivity contribution is -0.137. The number of carbonyl (C=O) groups is 1. The van der Waals surface area contributed by atoms with E-state index in [1.54, 1.807) is 0 Å². The first-order valence-corrected chi connectivity index (χ1v) is 5.20. The number of hydrogen-bond acceptors (Lipinski definition) is 5. The Morgan fingerprint density at radius 2 is 2.15 bits per heavy atom. The van der Waals surface area contributed by atoms with Gasteiger partial charge in [-0.05, 0) is 6.07 Å². The van der Waals surface area contributed by atoms with Crippen molar-refractivity contribution in [3.05, 3.63) is 41.7 Å². The van der Waals surface area contributed by atoms with Crippen molar-refractivity contribution < 1.29 is 32.2 Å². The maximum atomic E-state index is 12.3. The van der Waals surface area contributed by atoms with Crippen LogP contribution in [-0.4, -0.2) is 21.0 Å². The molecule has 0 aliphatic heterocycles. The second-order valence-electron chi connectivity index (χ2n) is 3.60. The van der Waals surface area contributed by atoms with Crippen molar-refractivity contribution >= 4 is 5.97 Å². The maximum absolute atomic E-state index is 12.3. The van der Waals surface area contributed by atoms with Crippen molar-refractivity contribution in [1.29, 1.82) is 0 Å². The molecule has 0 radical (unpaired) electrons. The lowest BCUT2D eigenvalue weighted by atomic mass is 10.3. The van der Waals surface area contributed by atoms with Crippen LogP contribution in [0.5, 0.6) is 5.88 Å². The lowest BCUT2D eigenvalue weighted by Gasteiger charge is -2.07. The number of halogens is 3. The number of alkyl halides is 3. The zero-order chi connectivity index (χ0) is 14.8. The van der Waals surface area contributed by atoms with E-state index in [-0.39, 0.29) is 24.1 Å². The smallest absolute Gasteiger partial charge is 0.417 e. The molecule has 9 heteroatoms. The minimum Gasteiger partial charge on any atom is -0.476 e. The molecule has 0 atom stereocenters. The number of aromatic nitrogens is 2. The lowest BCUT2D eigenvalue weighted by Crippen LogP contribution is -2.06. The highest BCUT2D eigenvalue weighted by Gasteiger charge is 2.30. The average molecular weight is 288 g/mol. The van der Waals surface area contributed by atoms with Crippen molar-refractivity contribution in [3.63, 3.8) is 0 Å². The third kappa shape index (κ3) is 3.25. The number of carboxylic acid groups (broad SMARTS) is 1. The van der Waals surface area contributed by atoms with Gasteiger partial charge in [0, 0.05) is 12.3 Å². The van der Waals surface area contributed by atoms with Gasteiger partial charge in [0.15, 0.2) is 12.3 Å². The number of rotatable bonds is 4. The molecule has 20 heavy (non-hydrogen) atoms. The monoisotopic (exact) mass is 288 g/mol. The van der Waals surface area contributed by atoms with Crippen LogP contribution in [-0.2, 0) is 12.8 Å². The topological polar surface area (TPSA) is 85.5 Å². The van der Waals surface area contributed by atoms with Crippen LogP contribution in [0.25, 0.3) is 0 Å². The summed E-state index contributed by atoms with van der Waals surface area (Å²) in [6, 6.07) is 1.87. The number of pyridine rings is 1. The van der Waals surface area contributed by atoms with Crippen LogP contribution in [0.15, 0.2) is 29.0 Å². The van der Waals surface area contributed by atoms with Crippen LogP contribution in [0.4, 0.5) is 13.2 Å². The molecule has 0 aliphatic carbocycles. The third-order valence-electron chi connectivity index (χ3n) is 2.18. The Morgan fingerprint density at radius 3 is 2.65 bits per heavy atom. The fourth-order valence-corrected chi connectivity index (χ4v) is 1.24. The molecular weight excluding hydrogens is 281 g/mol. The van der Waals surface area contributed by atoms with Gasteiger partial charge in [0.1, 0.15) is 6.26 Å². The number of ether oxygens (including phenoxy) is 1. The summed E-state index contributed by atoms with van der Waals surface area (Å²) in [5.41, 5.74) is -1.18. The Bertz CT molecular complexity index is 607. The molecule has 2 rings (SSSR count). The zero-order valence-electron chi connectivity index (χ0n) is 9.72. The summed E-state index contributed by atoms with van der Waals surface area (Å²) in [5, 5.41) is 8.61. The molecule has 0 saturated heterocycles. The minimum absolute atomic E-state index is 0.0240. The largest absolute Gasteiger partial charge is 0.476 e. The quantitative estimate of drug-likeness (QED) is 0.929. The van der Waals surface area contributed by atoms with Crippen LogP contribution >= 0.6 is 0 Å². The minimum atomic E-state index is -4.47. The van der Waals surface area contributed by atoms with E-state index < -0.39 is 17.7 Å². The molecule has 0 bridgehead atoms. The van der Waals surface area contributed by atoms with Gasteiger partial charge in [0.05, 0.1) is 5.56 Å². The van der Waals surface area contributed by atoms with Gasteiger partial charge < -0.3 is 14.3 Å². The molecule has 0 saturated carbocycles. The summed E-state index contributed by atoms with van der Waals surface area (Å²) < 4.78 is 46.7. The van der Waals surface area contributed by atoms with E-state index in [2.05, 4.69) is 9.97 Å². The molecule has 0 aliphatic rings. The van der Waals surface area contributed by atoms with Crippen molar-refractivity contribution in [2.45, 2.75) is 12.8 Å². The molecule has 2 aromatic rings. The molecule has 0 aromatic carbocycles. The van der Waals surface area contributed by atoms with Crippen LogP contribution in [0, 0.1) is 0 Å². The first-order valence-electron chi connectivity index (χ1n) is 5.20. The van der Waals surface area contributed by atoms with Crippen LogP contribution < -0.4 is 4.74 Å². The van der Waals surface area contributed by atoms with Crippen LogP contribution in [0.2, 0.25) is 0 Å². The average Bonchev–Trinajstić information content (AvgIpc) is 2.85. The van der Waals surface area contributed by atoms with Crippen molar-refractivity contribution in [3.8, 4) is 5.88 Å². The van der Waals surface area contributed by atoms with E-state index in [0.717, 1.165) is 18.4 Å². The van der Waals surface area contributed by atoms with Gasteiger partial charge in [-0.2, -0.15) is 13.2 Å². The first-order chi connectivity index (χ1) is 9.36. The summed E-state index contributed by atoms with van der Waals surface area (Å²) in [5.74, 6) is -1.34. The molecule has 0 fully saturated rings. The van der Waals surface area contributed by atoms with Gasteiger partial charge in [0.2, 0.25) is 11.8 Å². The van der Waals surface area contributed by atoms with Gasteiger partial charge >= 0.3 is 12.1 Å². The number of carboxylic acids is 1. The summed E-state index contributed by atoms with van der Waals surface area (Å²) in [4.78, 5) is 17.6. The number of hydrogen-bond donors (Lipinski definition) is 1. The summed E-state index contributed by atoms with van der Waals surface area (Å²) in [6.07, 6.45) is -2.90. The predicted octanol–water partition coefficient (Wildman–Crippen LogP) is 2.37. The van der Waals surface area contributed by atoms with E-state index in [9.17, 15) is 18.0 Å². The molecule has 2 aromatic heterocycles. The zero-order valence-corrected chi connectivity index (χ0v) is 9.72. The second kappa shape index (κ2) is 5.19. The van der Waals surface area contributed by atoms with Crippen LogP contribution in [0.3, 0.4) is 0 Å². The highest BCUT2D eigenvalue weighted by Crippen LogP contribution is 2.29. The Balaban J connectivity index is 1.98. The maximum Gasteiger partial charge on any atom is 0.417 e. The first kappa shape index (κ1) is 13.8. The van der Waals surface area contributed by atoms with E-state index in [1.807, 2.05) is 0 Å². The van der Waals surface area contributed by atoms with Crippen molar-refractivity contribution in [2.24, 2.45) is 0 Å². The number of nitrogens with zero attached hydrogens (tertiary/aromatic N) is 2. The number of aromatic carboxylic acids is 1. The van der Waals surface area contributed by atoms with Gasteiger partial charge in [-0.25, -0.2) is 14.8 Å². The van der Waals surface area contributed by atoms with E-state index in [0.29, 0.717) is 6.20 Å². The summed E-state index contributed by atoms with van der Waals surface area (Å²) in [7, 11) is 0. The second-order valence-corrected chi connectivity index (χ2v) is 3.60. The molecular formula is C11H7F3N2O4. The SMILES string of the molecule is O=C(O)c1coc(COc2ccc(C(F)(F)F)cn2)n1. The Labute approximate surface area is 109 Å². The molecule has 0 amide bonds. The van der Waals surface area contributed by atoms with E-state index in [4.69, 9.17) is 14.3 Å². The predicted molar refractivity (Wildman–Crippen MR) is 57.0 cm³/mol. The summed E-state index contributed by atoms with van der Waals surface area (Å²) >= 11 is 0. The molecule has 0 unspecified atom stereocenters. The molecule has 2 heterocycles. The fraction of sp³-hybridized carbons (Fsp3) is 0.182. The molecule has 6 nitrogen and oxygen atoms in total. The molecule has 0 spiro atoms. The van der Waals surface area contributed by atoms with E-state index in [1.165, 1.54) is 0 Å². The highest BCUT2D eigenvalue weighted by molar-refractivity contribution is 5.84.